The molecule has 3 N–H and O–H groups in total. The molecule has 3 amide bonds. The molecule has 3 heterocycles. The fourth-order valence-corrected chi connectivity index (χ4v) is 4.49. The van der Waals surface area contributed by atoms with Crippen molar-refractivity contribution >= 4 is 34.4 Å². The van der Waals surface area contributed by atoms with E-state index in [0.29, 0.717) is 37.2 Å². The number of aryl methyl sites for hydroxylation is 2. The maximum atomic E-state index is 13.3. The van der Waals surface area contributed by atoms with Gasteiger partial charge in [0.25, 0.3) is 11.8 Å². The second kappa shape index (κ2) is 11.3. The lowest BCUT2D eigenvalue weighted by atomic mass is 10.0. The number of fused-ring (bicyclic) bond motifs is 1. The number of piperidine rings is 1. The SMILES string of the molecule is Cc1nc2c(cc1NC(=O)c1ccccc1)c(OCC(F)(F)F)c(C(=O)NC1CCN(C(=O)CO)CC1)n2C. The molecular weight excluding hydrogens is 519 g/mol. The number of benzene rings is 1. The number of likely N-dealkylation sites (tertiary alicyclic amines) is 1. The standard InChI is InChI=1S/C26H28F3N5O5/c1-15-19(32-24(37)16-6-4-3-5-7-16)12-18-22(39-14-26(27,28)29)21(33(2)23(18)30-15)25(38)31-17-8-10-34(11-9-17)20(36)13-35/h3-7,12,17,35H,8-11,13-14H2,1-2H3,(H,31,38)(H,32,37). The third-order valence-corrected chi connectivity index (χ3v) is 6.50. The molecule has 10 nitrogen and oxygen atoms in total. The van der Waals surface area contributed by atoms with Gasteiger partial charge in [0, 0.05) is 31.7 Å². The van der Waals surface area contributed by atoms with Crippen LogP contribution in [0.25, 0.3) is 11.0 Å². The number of nitrogens with one attached hydrogen (secondary N) is 2. The monoisotopic (exact) mass is 547 g/mol. The molecular formula is C26H28F3N5O5. The van der Waals surface area contributed by atoms with Gasteiger partial charge in [-0.15, -0.1) is 0 Å². The largest absolute Gasteiger partial charge is 0.481 e. The number of carbonyl (C=O) groups is 3. The molecule has 1 fully saturated rings. The molecule has 1 aromatic carbocycles. The van der Waals surface area contributed by atoms with Crippen LogP contribution in [0.4, 0.5) is 18.9 Å². The molecule has 2 aromatic heterocycles. The van der Waals surface area contributed by atoms with Crippen LogP contribution in [-0.4, -0.2) is 75.8 Å². The fourth-order valence-electron chi connectivity index (χ4n) is 4.49. The minimum atomic E-state index is -4.66. The van der Waals surface area contributed by atoms with E-state index in [0.717, 1.165) is 0 Å². The summed E-state index contributed by atoms with van der Waals surface area (Å²) in [5.41, 5.74) is 1.08. The number of pyridine rings is 1. The molecule has 4 rings (SSSR count). The zero-order valence-corrected chi connectivity index (χ0v) is 21.3. The van der Waals surface area contributed by atoms with Gasteiger partial charge >= 0.3 is 6.18 Å². The second-order valence-corrected chi connectivity index (χ2v) is 9.24. The number of alkyl halides is 3. The van der Waals surface area contributed by atoms with Crippen molar-refractivity contribution in [3.05, 3.63) is 53.3 Å². The molecule has 0 unspecified atom stereocenters. The maximum Gasteiger partial charge on any atom is 0.422 e. The first kappa shape index (κ1) is 27.9. The molecule has 39 heavy (non-hydrogen) atoms. The number of anilines is 1. The topological polar surface area (TPSA) is 126 Å². The van der Waals surface area contributed by atoms with Crippen molar-refractivity contribution in [1.82, 2.24) is 19.8 Å². The minimum absolute atomic E-state index is 0.129. The molecule has 0 atom stereocenters. The normalized spacial score (nSPS) is 14.4. The second-order valence-electron chi connectivity index (χ2n) is 9.24. The summed E-state index contributed by atoms with van der Waals surface area (Å²) in [6, 6.07) is 9.48. The molecule has 0 bridgehead atoms. The Kier molecular flexibility index (Phi) is 8.09. The van der Waals surface area contributed by atoms with E-state index >= 15 is 0 Å². The Hall–Kier alpha value is -4.13. The highest BCUT2D eigenvalue weighted by Crippen LogP contribution is 2.36. The van der Waals surface area contributed by atoms with E-state index in [-0.39, 0.29) is 34.2 Å². The van der Waals surface area contributed by atoms with Gasteiger partial charge in [-0.2, -0.15) is 13.2 Å². The van der Waals surface area contributed by atoms with Crippen molar-refractivity contribution in [3.8, 4) is 5.75 Å². The summed E-state index contributed by atoms with van der Waals surface area (Å²) >= 11 is 0. The van der Waals surface area contributed by atoms with E-state index in [9.17, 15) is 27.6 Å². The molecule has 13 heteroatoms. The van der Waals surface area contributed by atoms with Crippen LogP contribution in [0.3, 0.4) is 0 Å². The zero-order chi connectivity index (χ0) is 28.3. The van der Waals surface area contributed by atoms with Gasteiger partial charge in [0.05, 0.1) is 16.8 Å². The summed E-state index contributed by atoms with van der Waals surface area (Å²) in [5.74, 6) is -1.81. The third-order valence-electron chi connectivity index (χ3n) is 6.50. The van der Waals surface area contributed by atoms with Gasteiger partial charge in [0.2, 0.25) is 5.91 Å². The van der Waals surface area contributed by atoms with Crippen LogP contribution in [0.2, 0.25) is 0 Å². The highest BCUT2D eigenvalue weighted by molar-refractivity contribution is 6.07. The van der Waals surface area contributed by atoms with Crippen LogP contribution in [0.5, 0.6) is 5.75 Å². The number of aliphatic hydroxyl groups is 1. The van der Waals surface area contributed by atoms with Crippen molar-refractivity contribution in [2.24, 2.45) is 7.05 Å². The quantitative estimate of drug-likeness (QED) is 0.418. The number of nitrogens with zero attached hydrogens (tertiary/aromatic N) is 3. The maximum absolute atomic E-state index is 13.3. The van der Waals surface area contributed by atoms with Crippen LogP contribution in [0.1, 0.15) is 39.4 Å². The lowest BCUT2D eigenvalue weighted by Crippen LogP contribution is -2.47. The van der Waals surface area contributed by atoms with Gasteiger partial charge in [0.1, 0.15) is 12.3 Å². The fraction of sp³-hybridized carbons (Fsp3) is 0.385. The molecule has 0 spiro atoms. The van der Waals surface area contributed by atoms with Crippen LogP contribution in [0.15, 0.2) is 36.4 Å². The smallest absolute Gasteiger partial charge is 0.422 e. The van der Waals surface area contributed by atoms with Crippen LogP contribution in [0, 0.1) is 6.92 Å². The highest BCUT2D eigenvalue weighted by atomic mass is 19.4. The summed E-state index contributed by atoms with van der Waals surface area (Å²) in [4.78, 5) is 43.7. The lowest BCUT2D eigenvalue weighted by Gasteiger charge is -2.32. The average molecular weight is 548 g/mol. The summed E-state index contributed by atoms with van der Waals surface area (Å²) in [7, 11) is 1.49. The Bertz CT molecular complexity index is 1380. The molecule has 0 radical (unpaired) electrons. The Labute approximate surface area is 221 Å². The van der Waals surface area contributed by atoms with E-state index in [2.05, 4.69) is 15.6 Å². The molecule has 3 aromatic rings. The van der Waals surface area contributed by atoms with E-state index in [1.807, 2.05) is 0 Å². The molecule has 1 aliphatic heterocycles. The van der Waals surface area contributed by atoms with E-state index in [1.165, 1.54) is 22.6 Å². The number of ether oxygens (including phenoxy) is 1. The number of amides is 3. The minimum Gasteiger partial charge on any atom is -0.481 e. The summed E-state index contributed by atoms with van der Waals surface area (Å²) in [6.07, 6.45) is -3.84. The van der Waals surface area contributed by atoms with Crippen molar-refractivity contribution in [2.75, 3.05) is 31.6 Å². The molecule has 208 valence electrons. The Morgan fingerprint density at radius 3 is 2.41 bits per heavy atom. The summed E-state index contributed by atoms with van der Waals surface area (Å²) < 4.78 is 45.9. The molecule has 0 saturated carbocycles. The highest BCUT2D eigenvalue weighted by Gasteiger charge is 2.33. The Morgan fingerprint density at radius 2 is 1.79 bits per heavy atom. The number of aliphatic hydroxyl groups excluding tert-OH is 1. The molecule has 1 aliphatic rings. The number of hydrogen-bond acceptors (Lipinski definition) is 6. The van der Waals surface area contributed by atoms with Crippen molar-refractivity contribution in [1.29, 1.82) is 0 Å². The molecule has 0 aliphatic carbocycles. The predicted molar refractivity (Wildman–Crippen MR) is 136 cm³/mol. The number of halogens is 3. The van der Waals surface area contributed by atoms with Crippen molar-refractivity contribution < 1.29 is 37.4 Å². The summed E-state index contributed by atoms with van der Waals surface area (Å²) in [5, 5.41) is 14.7. The number of carbonyl (C=O) groups excluding carboxylic acids is 3. The van der Waals surface area contributed by atoms with Gasteiger partial charge < -0.3 is 29.9 Å². The van der Waals surface area contributed by atoms with Gasteiger partial charge in [-0.05, 0) is 38.0 Å². The van der Waals surface area contributed by atoms with Gasteiger partial charge in [-0.1, -0.05) is 18.2 Å². The van der Waals surface area contributed by atoms with E-state index in [4.69, 9.17) is 9.84 Å². The average Bonchev–Trinajstić information content (AvgIpc) is 3.18. The number of hydrogen-bond donors (Lipinski definition) is 3. The van der Waals surface area contributed by atoms with Crippen molar-refractivity contribution in [2.45, 2.75) is 32.0 Å². The van der Waals surface area contributed by atoms with Gasteiger partial charge in [-0.3, -0.25) is 14.4 Å². The van der Waals surface area contributed by atoms with Gasteiger partial charge in [0.15, 0.2) is 18.1 Å². The number of rotatable bonds is 7. The summed E-state index contributed by atoms with van der Waals surface area (Å²) in [6.45, 7) is 0.0371. The van der Waals surface area contributed by atoms with Gasteiger partial charge in [-0.25, -0.2) is 4.98 Å². The first-order valence-corrected chi connectivity index (χ1v) is 12.2. The molecule has 1 saturated heterocycles. The zero-order valence-electron chi connectivity index (χ0n) is 21.3. The predicted octanol–water partition coefficient (Wildman–Crippen LogP) is 2.79. The van der Waals surface area contributed by atoms with Crippen LogP contribution >= 0.6 is 0 Å². The first-order chi connectivity index (χ1) is 18.5. The third kappa shape index (κ3) is 6.30. The first-order valence-electron chi connectivity index (χ1n) is 12.2. The lowest BCUT2D eigenvalue weighted by molar-refractivity contribution is -0.153. The Balaban J connectivity index is 1.66. The van der Waals surface area contributed by atoms with Crippen LogP contribution < -0.4 is 15.4 Å². The van der Waals surface area contributed by atoms with Crippen molar-refractivity contribution in [3.63, 3.8) is 0 Å². The van der Waals surface area contributed by atoms with Crippen LogP contribution in [-0.2, 0) is 11.8 Å². The number of aromatic nitrogens is 2. The van der Waals surface area contributed by atoms with E-state index < -0.39 is 37.1 Å². The Morgan fingerprint density at radius 1 is 1.13 bits per heavy atom. The van der Waals surface area contributed by atoms with E-state index in [1.54, 1.807) is 37.3 Å².